The van der Waals surface area contributed by atoms with Gasteiger partial charge in [0.1, 0.15) is 12.4 Å². The fourth-order valence-electron chi connectivity index (χ4n) is 1.79. The van der Waals surface area contributed by atoms with Crippen molar-refractivity contribution in [2.75, 3.05) is 0 Å². The molecular weight excluding hydrogens is 240 g/mol. The van der Waals surface area contributed by atoms with Crippen LogP contribution in [-0.4, -0.2) is 15.9 Å². The third-order valence-electron chi connectivity index (χ3n) is 2.80. The fraction of sp³-hybridized carbons (Fsp3) is 0.200. The predicted molar refractivity (Wildman–Crippen MR) is 73.6 cm³/mol. The van der Waals surface area contributed by atoms with Crippen molar-refractivity contribution in [3.05, 3.63) is 59.9 Å². The third-order valence-corrected chi connectivity index (χ3v) is 2.80. The van der Waals surface area contributed by atoms with Gasteiger partial charge in [-0.25, -0.2) is 0 Å². The Morgan fingerprint density at radius 1 is 1.21 bits per heavy atom. The summed E-state index contributed by atoms with van der Waals surface area (Å²) in [4.78, 5) is 3.96. The zero-order valence-corrected chi connectivity index (χ0v) is 10.8. The maximum Gasteiger partial charge on any atom is 0.128 e. The molecule has 1 aromatic carbocycles. The molecule has 0 saturated heterocycles. The van der Waals surface area contributed by atoms with Gasteiger partial charge in [-0.05, 0) is 36.2 Å². The van der Waals surface area contributed by atoms with Crippen LogP contribution in [-0.2, 0) is 6.61 Å². The van der Waals surface area contributed by atoms with E-state index in [1.54, 1.807) is 12.4 Å². The summed E-state index contributed by atoms with van der Waals surface area (Å²) in [5, 5.41) is 12.3. The largest absolute Gasteiger partial charge is 0.488 e. The Morgan fingerprint density at radius 3 is 2.63 bits per heavy atom. The molecule has 98 valence electrons. The molecule has 4 nitrogen and oxygen atoms in total. The number of rotatable bonds is 5. The van der Waals surface area contributed by atoms with Gasteiger partial charge in [0.05, 0.1) is 5.71 Å². The molecule has 0 atom stereocenters. The summed E-state index contributed by atoms with van der Waals surface area (Å²) in [5.41, 5.74) is 2.48. The number of para-hydroxylation sites is 1. The Morgan fingerprint density at radius 2 is 1.95 bits per heavy atom. The van der Waals surface area contributed by atoms with E-state index >= 15 is 0 Å². The second-order valence-electron chi connectivity index (χ2n) is 4.04. The van der Waals surface area contributed by atoms with Crippen LogP contribution in [0.4, 0.5) is 0 Å². The standard InChI is InChI=1S/C15H16N2O2/c1-2-14(17-18)13-5-3-4-6-15(13)19-11-12-7-9-16-10-8-12/h3-10,18H,2,11H2,1H3/b17-14+. The highest BCUT2D eigenvalue weighted by Gasteiger charge is 2.09. The maximum absolute atomic E-state index is 9.01. The summed E-state index contributed by atoms with van der Waals surface area (Å²) in [7, 11) is 0. The first kappa shape index (κ1) is 13.1. The van der Waals surface area contributed by atoms with Crippen LogP contribution in [0.2, 0.25) is 0 Å². The Kier molecular flexibility index (Phi) is 4.50. The number of oxime groups is 1. The van der Waals surface area contributed by atoms with Gasteiger partial charge in [0.15, 0.2) is 0 Å². The van der Waals surface area contributed by atoms with Gasteiger partial charge >= 0.3 is 0 Å². The first-order valence-electron chi connectivity index (χ1n) is 6.17. The molecule has 1 N–H and O–H groups in total. The maximum atomic E-state index is 9.01. The molecule has 0 fully saturated rings. The molecule has 0 spiro atoms. The monoisotopic (exact) mass is 256 g/mol. The zero-order valence-electron chi connectivity index (χ0n) is 10.8. The predicted octanol–water partition coefficient (Wildman–Crippen LogP) is 3.25. The molecule has 19 heavy (non-hydrogen) atoms. The van der Waals surface area contributed by atoms with Crippen LogP contribution < -0.4 is 4.74 Å². The lowest BCUT2D eigenvalue weighted by Gasteiger charge is -2.11. The molecule has 0 aliphatic rings. The molecule has 2 rings (SSSR count). The molecule has 0 aliphatic carbocycles. The number of hydrogen-bond donors (Lipinski definition) is 1. The number of hydrogen-bond acceptors (Lipinski definition) is 4. The van der Waals surface area contributed by atoms with Crippen molar-refractivity contribution in [3.63, 3.8) is 0 Å². The third kappa shape index (κ3) is 3.31. The molecular formula is C15H16N2O2. The highest BCUT2D eigenvalue weighted by molar-refractivity contribution is 6.02. The topological polar surface area (TPSA) is 54.7 Å². The van der Waals surface area contributed by atoms with Crippen LogP contribution in [0.1, 0.15) is 24.5 Å². The lowest BCUT2D eigenvalue weighted by molar-refractivity contribution is 0.303. The van der Waals surface area contributed by atoms with Gasteiger partial charge in [0, 0.05) is 18.0 Å². The van der Waals surface area contributed by atoms with Gasteiger partial charge in [-0.15, -0.1) is 0 Å². The van der Waals surface area contributed by atoms with Crippen molar-refractivity contribution in [2.24, 2.45) is 5.16 Å². The summed E-state index contributed by atoms with van der Waals surface area (Å²) < 4.78 is 5.79. The van der Waals surface area contributed by atoms with Gasteiger partial charge < -0.3 is 9.94 Å². The van der Waals surface area contributed by atoms with E-state index in [0.717, 1.165) is 11.1 Å². The Bertz CT molecular complexity index is 553. The zero-order chi connectivity index (χ0) is 13.5. The first-order valence-corrected chi connectivity index (χ1v) is 6.17. The smallest absolute Gasteiger partial charge is 0.128 e. The van der Waals surface area contributed by atoms with Gasteiger partial charge in [0.2, 0.25) is 0 Å². The number of nitrogens with zero attached hydrogens (tertiary/aromatic N) is 2. The summed E-state index contributed by atoms with van der Waals surface area (Å²) in [6.45, 7) is 2.40. The van der Waals surface area contributed by atoms with Crippen LogP contribution in [0.15, 0.2) is 53.9 Å². The van der Waals surface area contributed by atoms with Crippen molar-refractivity contribution in [1.29, 1.82) is 0 Å². The van der Waals surface area contributed by atoms with Gasteiger partial charge in [-0.1, -0.05) is 24.2 Å². The number of aromatic nitrogens is 1. The SMILES string of the molecule is CC/C(=N\O)c1ccccc1OCc1ccncc1. The van der Waals surface area contributed by atoms with Crippen molar-refractivity contribution in [2.45, 2.75) is 20.0 Å². The molecule has 0 amide bonds. The molecule has 0 unspecified atom stereocenters. The molecule has 2 aromatic rings. The average Bonchev–Trinajstić information content (AvgIpc) is 2.48. The van der Waals surface area contributed by atoms with E-state index in [4.69, 9.17) is 9.94 Å². The Labute approximate surface area is 112 Å². The summed E-state index contributed by atoms with van der Waals surface area (Å²) >= 11 is 0. The van der Waals surface area contributed by atoms with E-state index in [9.17, 15) is 0 Å². The van der Waals surface area contributed by atoms with Crippen molar-refractivity contribution in [1.82, 2.24) is 4.98 Å². The molecule has 0 bridgehead atoms. The number of benzene rings is 1. The van der Waals surface area contributed by atoms with Crippen molar-refractivity contribution >= 4 is 5.71 Å². The summed E-state index contributed by atoms with van der Waals surface area (Å²) in [6, 6.07) is 11.4. The van der Waals surface area contributed by atoms with Crippen molar-refractivity contribution in [3.8, 4) is 5.75 Å². The molecule has 0 saturated carbocycles. The summed E-state index contributed by atoms with van der Waals surface area (Å²) in [6.07, 6.45) is 4.11. The van der Waals surface area contributed by atoms with E-state index in [2.05, 4.69) is 10.1 Å². The number of ether oxygens (including phenoxy) is 1. The lowest BCUT2D eigenvalue weighted by atomic mass is 10.1. The van der Waals surface area contributed by atoms with Crippen LogP contribution in [0.5, 0.6) is 5.75 Å². The van der Waals surface area contributed by atoms with Crippen molar-refractivity contribution < 1.29 is 9.94 Å². The van der Waals surface area contributed by atoms with Gasteiger partial charge in [-0.3, -0.25) is 4.98 Å². The molecule has 1 aromatic heterocycles. The van der Waals surface area contributed by atoms with Crippen LogP contribution >= 0.6 is 0 Å². The van der Waals surface area contributed by atoms with Crippen LogP contribution in [0.3, 0.4) is 0 Å². The van der Waals surface area contributed by atoms with E-state index in [-0.39, 0.29) is 0 Å². The van der Waals surface area contributed by atoms with E-state index in [0.29, 0.717) is 24.5 Å². The highest BCUT2D eigenvalue weighted by atomic mass is 16.5. The summed E-state index contributed by atoms with van der Waals surface area (Å²) in [5.74, 6) is 0.717. The van der Waals surface area contributed by atoms with E-state index in [1.165, 1.54) is 0 Å². The normalized spacial score (nSPS) is 11.3. The molecule has 4 heteroatoms. The number of pyridine rings is 1. The molecule has 0 radical (unpaired) electrons. The van der Waals surface area contributed by atoms with Gasteiger partial charge in [0.25, 0.3) is 0 Å². The average molecular weight is 256 g/mol. The lowest BCUT2D eigenvalue weighted by Crippen LogP contribution is -2.04. The highest BCUT2D eigenvalue weighted by Crippen LogP contribution is 2.21. The van der Waals surface area contributed by atoms with E-state index < -0.39 is 0 Å². The fourth-order valence-corrected chi connectivity index (χ4v) is 1.79. The minimum absolute atomic E-state index is 0.460. The quantitative estimate of drug-likeness (QED) is 0.507. The molecule has 0 aliphatic heterocycles. The van der Waals surface area contributed by atoms with Gasteiger partial charge in [-0.2, -0.15) is 0 Å². The van der Waals surface area contributed by atoms with Crippen LogP contribution in [0, 0.1) is 0 Å². The minimum Gasteiger partial charge on any atom is -0.488 e. The van der Waals surface area contributed by atoms with E-state index in [1.807, 2.05) is 43.3 Å². The van der Waals surface area contributed by atoms with Crippen LogP contribution in [0.25, 0.3) is 0 Å². The molecule has 1 heterocycles. The minimum atomic E-state index is 0.460. The Hall–Kier alpha value is -2.36. The second-order valence-corrected chi connectivity index (χ2v) is 4.04. The first-order chi connectivity index (χ1) is 9.35. The second kappa shape index (κ2) is 6.54. The Balaban J connectivity index is 2.17.